The van der Waals surface area contributed by atoms with Crippen LogP contribution < -0.4 is 5.32 Å². The van der Waals surface area contributed by atoms with Crippen molar-refractivity contribution < 1.29 is 19.0 Å². The minimum Gasteiger partial charge on any atom is -0.375 e. The molecule has 1 N–H and O–H groups in total. The first-order valence-electron chi connectivity index (χ1n) is 11.0. The Morgan fingerprint density at radius 1 is 0.688 bits per heavy atom. The molecule has 166 valence electrons. The Hall–Kier alpha value is -2.99. The molecule has 0 aromatic heterocycles. The number of hydrogen-bond donors (Lipinski definition) is 1. The van der Waals surface area contributed by atoms with Gasteiger partial charge in [0.05, 0.1) is 45.0 Å². The maximum atomic E-state index is 12.4. The fourth-order valence-corrected chi connectivity index (χ4v) is 3.84. The standard InChI is InChI=1S/C27H29NO4/c29-26-16-25(31-18-22-12-6-2-7-13-22)27(32-19-23-14-8-3-9-15-23)24(28-26)20-30-17-21-10-4-1-5-11-21/h1-15,24-25,27H,16-20H2,(H,28,29)/t24-,25+,27+/m0/s1. The number of carbonyl (C=O) groups is 1. The van der Waals surface area contributed by atoms with Gasteiger partial charge in [-0.1, -0.05) is 91.0 Å². The maximum Gasteiger partial charge on any atom is 0.223 e. The Kier molecular flexibility index (Phi) is 8.04. The summed E-state index contributed by atoms with van der Waals surface area (Å²) in [7, 11) is 0. The van der Waals surface area contributed by atoms with Crippen LogP contribution >= 0.6 is 0 Å². The van der Waals surface area contributed by atoms with Gasteiger partial charge in [-0.15, -0.1) is 0 Å². The molecule has 5 nitrogen and oxygen atoms in total. The highest BCUT2D eigenvalue weighted by Crippen LogP contribution is 2.22. The minimum atomic E-state index is -0.349. The predicted molar refractivity (Wildman–Crippen MR) is 123 cm³/mol. The number of benzene rings is 3. The van der Waals surface area contributed by atoms with Gasteiger partial charge in [0.1, 0.15) is 6.10 Å². The number of amides is 1. The van der Waals surface area contributed by atoms with Crippen LogP contribution in [0.3, 0.4) is 0 Å². The summed E-state index contributed by atoms with van der Waals surface area (Å²) in [4.78, 5) is 12.4. The van der Waals surface area contributed by atoms with Crippen molar-refractivity contribution in [3.05, 3.63) is 108 Å². The molecule has 4 rings (SSSR count). The van der Waals surface area contributed by atoms with Gasteiger partial charge in [0.25, 0.3) is 0 Å². The topological polar surface area (TPSA) is 56.8 Å². The van der Waals surface area contributed by atoms with Crippen molar-refractivity contribution in [3.8, 4) is 0 Å². The molecule has 1 aliphatic rings. The summed E-state index contributed by atoms with van der Waals surface area (Å²) < 4.78 is 18.5. The van der Waals surface area contributed by atoms with Crippen LogP contribution in [0.1, 0.15) is 23.1 Å². The number of hydrogen-bond acceptors (Lipinski definition) is 4. The van der Waals surface area contributed by atoms with Crippen molar-refractivity contribution in [2.75, 3.05) is 6.61 Å². The van der Waals surface area contributed by atoms with Crippen LogP contribution in [0.4, 0.5) is 0 Å². The van der Waals surface area contributed by atoms with E-state index in [0.29, 0.717) is 26.4 Å². The number of rotatable bonds is 10. The number of nitrogens with one attached hydrogen (secondary N) is 1. The molecule has 1 aliphatic heterocycles. The average molecular weight is 432 g/mol. The van der Waals surface area contributed by atoms with Crippen LogP contribution in [0.2, 0.25) is 0 Å². The summed E-state index contributed by atoms with van der Waals surface area (Å²) in [5.74, 6) is -0.0454. The van der Waals surface area contributed by atoms with Crippen molar-refractivity contribution in [1.29, 1.82) is 0 Å². The summed E-state index contributed by atoms with van der Waals surface area (Å²) in [5, 5.41) is 3.05. The first kappa shape index (κ1) is 22.2. The minimum absolute atomic E-state index is 0.0454. The molecular formula is C27H29NO4. The highest BCUT2D eigenvalue weighted by molar-refractivity contribution is 5.78. The van der Waals surface area contributed by atoms with Crippen LogP contribution in [-0.4, -0.2) is 30.8 Å². The molecule has 0 saturated carbocycles. The van der Waals surface area contributed by atoms with Gasteiger partial charge in [0, 0.05) is 0 Å². The maximum absolute atomic E-state index is 12.4. The van der Waals surface area contributed by atoms with Crippen molar-refractivity contribution in [1.82, 2.24) is 5.32 Å². The van der Waals surface area contributed by atoms with Gasteiger partial charge in [-0.2, -0.15) is 0 Å². The van der Waals surface area contributed by atoms with Gasteiger partial charge in [-0.25, -0.2) is 0 Å². The van der Waals surface area contributed by atoms with Crippen LogP contribution in [0, 0.1) is 0 Å². The van der Waals surface area contributed by atoms with Crippen LogP contribution in [0.5, 0.6) is 0 Å². The molecule has 1 amide bonds. The Morgan fingerprint density at radius 2 is 1.19 bits per heavy atom. The Labute approximate surface area is 189 Å². The van der Waals surface area contributed by atoms with E-state index in [-0.39, 0.29) is 30.6 Å². The third kappa shape index (κ3) is 6.50. The van der Waals surface area contributed by atoms with Crippen LogP contribution in [0.15, 0.2) is 91.0 Å². The lowest BCUT2D eigenvalue weighted by Gasteiger charge is -2.38. The molecule has 0 spiro atoms. The molecule has 1 fully saturated rings. The molecule has 3 aromatic rings. The monoisotopic (exact) mass is 431 g/mol. The first-order chi connectivity index (χ1) is 15.8. The van der Waals surface area contributed by atoms with Crippen LogP contribution in [-0.2, 0) is 38.8 Å². The normalized spacial score (nSPS) is 20.6. The van der Waals surface area contributed by atoms with E-state index in [1.54, 1.807) is 0 Å². The molecule has 32 heavy (non-hydrogen) atoms. The SMILES string of the molecule is O=C1C[C@@H](OCc2ccccc2)[C@H](OCc2ccccc2)[C@H](COCc2ccccc2)N1. The third-order valence-electron chi connectivity index (χ3n) is 5.50. The molecule has 3 atom stereocenters. The van der Waals surface area contributed by atoms with Crippen LogP contribution in [0.25, 0.3) is 0 Å². The summed E-state index contributed by atoms with van der Waals surface area (Å²) >= 11 is 0. The lowest BCUT2D eigenvalue weighted by Crippen LogP contribution is -2.58. The fraction of sp³-hybridized carbons (Fsp3) is 0.296. The zero-order chi connectivity index (χ0) is 22.0. The van der Waals surface area contributed by atoms with E-state index in [1.807, 2.05) is 91.0 Å². The van der Waals surface area contributed by atoms with Gasteiger partial charge in [-0.3, -0.25) is 4.79 Å². The highest BCUT2D eigenvalue weighted by atomic mass is 16.5. The van der Waals surface area contributed by atoms with Crippen molar-refractivity contribution in [3.63, 3.8) is 0 Å². The van der Waals surface area contributed by atoms with E-state index in [4.69, 9.17) is 14.2 Å². The predicted octanol–water partition coefficient (Wildman–Crippen LogP) is 4.26. The molecule has 0 aliphatic carbocycles. The second-order valence-electron chi connectivity index (χ2n) is 7.98. The Balaban J connectivity index is 1.42. The summed E-state index contributed by atoms with van der Waals surface area (Å²) in [6.45, 7) is 1.71. The molecule has 5 heteroatoms. The molecule has 1 saturated heterocycles. The van der Waals surface area contributed by atoms with Crippen molar-refractivity contribution in [2.45, 2.75) is 44.5 Å². The van der Waals surface area contributed by atoms with E-state index in [1.165, 1.54) is 0 Å². The van der Waals surface area contributed by atoms with E-state index in [9.17, 15) is 4.79 Å². The van der Waals surface area contributed by atoms with Gasteiger partial charge < -0.3 is 19.5 Å². The zero-order valence-corrected chi connectivity index (χ0v) is 18.1. The van der Waals surface area contributed by atoms with Gasteiger partial charge in [0.2, 0.25) is 5.91 Å². The second kappa shape index (κ2) is 11.6. The van der Waals surface area contributed by atoms with Gasteiger partial charge in [0.15, 0.2) is 0 Å². The smallest absolute Gasteiger partial charge is 0.223 e. The number of carbonyl (C=O) groups excluding carboxylic acids is 1. The number of ether oxygens (including phenoxy) is 3. The van der Waals surface area contributed by atoms with E-state index >= 15 is 0 Å². The third-order valence-corrected chi connectivity index (χ3v) is 5.50. The molecule has 1 heterocycles. The lowest BCUT2D eigenvalue weighted by atomic mass is 9.97. The zero-order valence-electron chi connectivity index (χ0n) is 18.1. The summed E-state index contributed by atoms with van der Waals surface area (Å²) in [6.07, 6.45) is -0.396. The van der Waals surface area contributed by atoms with Gasteiger partial charge >= 0.3 is 0 Å². The summed E-state index contributed by atoms with van der Waals surface area (Å²) in [6, 6.07) is 29.7. The van der Waals surface area contributed by atoms with E-state index in [0.717, 1.165) is 16.7 Å². The second-order valence-corrected chi connectivity index (χ2v) is 7.98. The molecule has 3 aromatic carbocycles. The molecule has 0 radical (unpaired) electrons. The lowest BCUT2D eigenvalue weighted by molar-refractivity contribution is -0.152. The largest absolute Gasteiger partial charge is 0.375 e. The van der Waals surface area contributed by atoms with Crippen molar-refractivity contribution >= 4 is 5.91 Å². The molecule has 0 bridgehead atoms. The Bertz CT molecular complexity index is 949. The van der Waals surface area contributed by atoms with Crippen molar-refractivity contribution in [2.24, 2.45) is 0 Å². The molecule has 0 unspecified atom stereocenters. The number of piperidine rings is 1. The van der Waals surface area contributed by atoms with E-state index in [2.05, 4.69) is 5.32 Å². The van der Waals surface area contributed by atoms with E-state index < -0.39 is 0 Å². The summed E-state index contributed by atoms with van der Waals surface area (Å²) in [5.41, 5.74) is 3.24. The quantitative estimate of drug-likeness (QED) is 0.521. The van der Waals surface area contributed by atoms with Gasteiger partial charge in [-0.05, 0) is 16.7 Å². The Morgan fingerprint density at radius 3 is 1.75 bits per heavy atom. The first-order valence-corrected chi connectivity index (χ1v) is 11.0. The average Bonchev–Trinajstić information content (AvgIpc) is 2.84. The molecular weight excluding hydrogens is 402 g/mol. The highest BCUT2D eigenvalue weighted by Gasteiger charge is 2.38. The fourth-order valence-electron chi connectivity index (χ4n) is 3.84.